The number of hydrogen-bond donors (Lipinski definition) is 2. The Kier molecular flexibility index (Phi) is 3.78. The quantitative estimate of drug-likeness (QED) is 0.831. The first kappa shape index (κ1) is 12.8. The van der Waals surface area contributed by atoms with Gasteiger partial charge in [-0.25, -0.2) is 0 Å². The summed E-state index contributed by atoms with van der Waals surface area (Å²) < 4.78 is 0.731. The third-order valence-electron chi connectivity index (χ3n) is 2.06. The van der Waals surface area contributed by atoms with Crippen LogP contribution in [-0.2, 0) is 0 Å². The molecule has 0 aliphatic carbocycles. The van der Waals surface area contributed by atoms with Crippen LogP contribution in [0.5, 0.6) is 0 Å². The molecular weight excluding hydrogens is 320 g/mol. The third-order valence-corrected chi connectivity index (χ3v) is 2.72. The minimum atomic E-state index is -0.320. The number of carbonyl (C=O) groups is 1. The summed E-state index contributed by atoms with van der Waals surface area (Å²) in [5.41, 5.74) is 6.58. The first-order valence-corrected chi connectivity index (χ1v) is 6.08. The minimum absolute atomic E-state index is 0.264. The average Bonchev–Trinajstić information content (AvgIpc) is 2.31. The van der Waals surface area contributed by atoms with Gasteiger partial charge in [-0.2, -0.15) is 0 Å². The van der Waals surface area contributed by atoms with Crippen LogP contribution in [0.4, 0.5) is 11.5 Å². The highest BCUT2D eigenvalue weighted by Gasteiger charge is 2.08. The molecule has 1 heterocycles. The van der Waals surface area contributed by atoms with Gasteiger partial charge in [0.15, 0.2) is 11.0 Å². The number of benzene rings is 1. The molecule has 1 aromatic heterocycles. The highest BCUT2D eigenvalue weighted by molar-refractivity contribution is 9.10. The highest BCUT2D eigenvalue weighted by Crippen LogP contribution is 2.18. The number of anilines is 2. The molecule has 18 heavy (non-hydrogen) atoms. The molecule has 3 N–H and O–H groups in total. The molecule has 0 spiro atoms. The van der Waals surface area contributed by atoms with E-state index >= 15 is 0 Å². The van der Waals surface area contributed by atoms with Crippen molar-refractivity contribution in [3.63, 3.8) is 0 Å². The van der Waals surface area contributed by atoms with E-state index in [1.807, 2.05) is 0 Å². The lowest BCUT2D eigenvalue weighted by molar-refractivity contribution is 0.102. The van der Waals surface area contributed by atoms with Crippen molar-refractivity contribution in [2.24, 2.45) is 0 Å². The van der Waals surface area contributed by atoms with Crippen molar-refractivity contribution in [2.75, 3.05) is 11.1 Å². The maximum atomic E-state index is 11.9. The Bertz CT molecular complexity index is 568. The number of rotatable bonds is 2. The van der Waals surface area contributed by atoms with E-state index in [-0.39, 0.29) is 11.1 Å². The smallest absolute Gasteiger partial charge is 0.256 e. The van der Waals surface area contributed by atoms with Crippen LogP contribution in [0.2, 0.25) is 5.15 Å². The first-order chi connectivity index (χ1) is 8.54. The maximum Gasteiger partial charge on any atom is 0.256 e. The van der Waals surface area contributed by atoms with Gasteiger partial charge in [0.05, 0.1) is 0 Å². The van der Waals surface area contributed by atoms with Gasteiger partial charge in [-0.3, -0.25) is 4.79 Å². The van der Waals surface area contributed by atoms with E-state index in [1.54, 1.807) is 30.3 Å². The van der Waals surface area contributed by atoms with Gasteiger partial charge >= 0.3 is 0 Å². The number of nitrogens with one attached hydrogen (secondary N) is 1. The van der Waals surface area contributed by atoms with Gasteiger partial charge in [0.2, 0.25) is 0 Å². The summed E-state index contributed by atoms with van der Waals surface area (Å²) in [4.78, 5) is 11.9. The van der Waals surface area contributed by atoms with Gasteiger partial charge in [0, 0.05) is 15.7 Å². The molecule has 2 rings (SSSR count). The normalized spacial score (nSPS) is 10.1. The molecule has 7 heteroatoms. The number of nitrogen functional groups attached to an aromatic ring is 1. The summed E-state index contributed by atoms with van der Waals surface area (Å²) in [7, 11) is 0. The zero-order valence-electron chi connectivity index (χ0n) is 9.02. The van der Waals surface area contributed by atoms with E-state index in [9.17, 15) is 4.79 Å². The Balaban J connectivity index is 2.19. The molecule has 0 radical (unpaired) electrons. The van der Waals surface area contributed by atoms with Crippen LogP contribution in [0.25, 0.3) is 0 Å². The van der Waals surface area contributed by atoms with Crippen molar-refractivity contribution in [3.05, 3.63) is 45.5 Å². The van der Waals surface area contributed by atoms with Crippen molar-refractivity contribution in [2.45, 2.75) is 0 Å². The van der Waals surface area contributed by atoms with Gasteiger partial charge < -0.3 is 11.1 Å². The standard InChI is InChI=1S/C11H8BrClN4O/c12-7-3-6(4-8(14)5-7)11(18)15-10-2-1-9(13)16-17-10/h1-5H,14H2,(H,15,17,18). The van der Waals surface area contributed by atoms with E-state index < -0.39 is 0 Å². The summed E-state index contributed by atoms with van der Waals surface area (Å²) in [5.74, 6) is 0.00238. The van der Waals surface area contributed by atoms with Crippen molar-refractivity contribution in [1.29, 1.82) is 0 Å². The molecule has 0 saturated heterocycles. The van der Waals surface area contributed by atoms with Crippen molar-refractivity contribution in [1.82, 2.24) is 10.2 Å². The lowest BCUT2D eigenvalue weighted by Crippen LogP contribution is -2.13. The SMILES string of the molecule is Nc1cc(Br)cc(C(=O)Nc2ccc(Cl)nn2)c1. The van der Waals surface area contributed by atoms with Gasteiger partial charge in [-0.1, -0.05) is 27.5 Å². The lowest BCUT2D eigenvalue weighted by Gasteiger charge is -2.05. The van der Waals surface area contributed by atoms with Crippen LogP contribution in [0, 0.1) is 0 Å². The van der Waals surface area contributed by atoms with Crippen molar-refractivity contribution >= 4 is 44.9 Å². The topological polar surface area (TPSA) is 80.9 Å². The molecule has 2 aromatic rings. The number of hydrogen-bond acceptors (Lipinski definition) is 4. The number of halogens is 2. The molecule has 0 saturated carbocycles. The average molecular weight is 328 g/mol. The molecule has 1 amide bonds. The summed E-state index contributed by atoms with van der Waals surface area (Å²) >= 11 is 8.87. The van der Waals surface area contributed by atoms with E-state index in [2.05, 4.69) is 31.4 Å². The van der Waals surface area contributed by atoms with Crippen LogP contribution in [0.1, 0.15) is 10.4 Å². The van der Waals surface area contributed by atoms with Gasteiger partial charge in [-0.05, 0) is 30.3 Å². The molecule has 0 aliphatic rings. The first-order valence-electron chi connectivity index (χ1n) is 4.91. The molecule has 1 aromatic carbocycles. The number of nitrogens with two attached hydrogens (primary N) is 1. The van der Waals surface area contributed by atoms with Crippen molar-refractivity contribution < 1.29 is 4.79 Å². The largest absolute Gasteiger partial charge is 0.399 e. The lowest BCUT2D eigenvalue weighted by atomic mass is 10.2. The molecular formula is C11H8BrClN4O. The van der Waals surface area contributed by atoms with E-state index in [0.717, 1.165) is 4.47 Å². The number of nitrogens with zero attached hydrogens (tertiary/aromatic N) is 2. The summed E-state index contributed by atoms with van der Waals surface area (Å²) in [6.07, 6.45) is 0. The number of aromatic nitrogens is 2. The molecule has 92 valence electrons. The Morgan fingerprint density at radius 3 is 2.67 bits per heavy atom. The second-order valence-corrected chi connectivity index (χ2v) is 4.77. The molecule has 5 nitrogen and oxygen atoms in total. The fraction of sp³-hybridized carbons (Fsp3) is 0. The second kappa shape index (κ2) is 5.32. The highest BCUT2D eigenvalue weighted by atomic mass is 79.9. The molecule has 0 atom stereocenters. The molecule has 0 bridgehead atoms. The van der Waals surface area contributed by atoms with Crippen LogP contribution < -0.4 is 11.1 Å². The summed E-state index contributed by atoms with van der Waals surface area (Å²) in [5, 5.41) is 10.2. The Hall–Kier alpha value is -1.66. The van der Waals surface area contributed by atoms with Crippen LogP contribution in [0.15, 0.2) is 34.8 Å². The molecule has 0 aliphatic heterocycles. The zero-order chi connectivity index (χ0) is 13.1. The number of amides is 1. The van der Waals surface area contributed by atoms with Crippen LogP contribution >= 0.6 is 27.5 Å². The van der Waals surface area contributed by atoms with Crippen molar-refractivity contribution in [3.8, 4) is 0 Å². The fourth-order valence-corrected chi connectivity index (χ4v) is 1.93. The van der Waals surface area contributed by atoms with Gasteiger partial charge in [0.1, 0.15) is 0 Å². The Labute approximate surface area is 116 Å². The molecule has 0 unspecified atom stereocenters. The van der Waals surface area contributed by atoms with E-state index in [4.69, 9.17) is 17.3 Å². The van der Waals surface area contributed by atoms with E-state index in [0.29, 0.717) is 17.1 Å². The van der Waals surface area contributed by atoms with Gasteiger partial charge in [0.25, 0.3) is 5.91 Å². The fourth-order valence-electron chi connectivity index (χ4n) is 1.31. The Morgan fingerprint density at radius 2 is 2.06 bits per heavy atom. The summed E-state index contributed by atoms with van der Waals surface area (Å²) in [6.45, 7) is 0. The predicted octanol–water partition coefficient (Wildman–Crippen LogP) is 2.73. The summed E-state index contributed by atoms with van der Waals surface area (Å²) in [6, 6.07) is 8.05. The Morgan fingerprint density at radius 1 is 1.28 bits per heavy atom. The third kappa shape index (κ3) is 3.18. The number of carbonyl (C=O) groups excluding carboxylic acids is 1. The maximum absolute atomic E-state index is 11.9. The zero-order valence-corrected chi connectivity index (χ0v) is 11.4. The molecule has 0 fully saturated rings. The van der Waals surface area contributed by atoms with Crippen LogP contribution in [0.3, 0.4) is 0 Å². The van der Waals surface area contributed by atoms with Crippen LogP contribution in [-0.4, -0.2) is 16.1 Å². The monoisotopic (exact) mass is 326 g/mol. The predicted molar refractivity (Wildman–Crippen MR) is 73.5 cm³/mol. The second-order valence-electron chi connectivity index (χ2n) is 3.47. The van der Waals surface area contributed by atoms with Gasteiger partial charge in [-0.15, -0.1) is 10.2 Å². The minimum Gasteiger partial charge on any atom is -0.399 e. The van der Waals surface area contributed by atoms with E-state index in [1.165, 1.54) is 0 Å².